The topological polar surface area (TPSA) is 121 Å². The maximum Gasteiger partial charge on any atom is 0.245 e. The van der Waals surface area contributed by atoms with Gasteiger partial charge in [0.25, 0.3) is 0 Å². The van der Waals surface area contributed by atoms with Crippen LogP contribution < -0.4 is 16.0 Å². The van der Waals surface area contributed by atoms with Gasteiger partial charge in [0.05, 0.1) is 16.1 Å². The molecule has 0 radical (unpaired) electrons. The van der Waals surface area contributed by atoms with Gasteiger partial charge in [-0.25, -0.2) is 4.98 Å². The van der Waals surface area contributed by atoms with E-state index in [2.05, 4.69) is 20.9 Å². The van der Waals surface area contributed by atoms with E-state index in [1.54, 1.807) is 23.2 Å². The Morgan fingerprint density at radius 1 is 1.11 bits per heavy atom. The molecule has 1 aromatic carbocycles. The number of thiazole rings is 1. The summed E-state index contributed by atoms with van der Waals surface area (Å²) in [6.07, 6.45) is 1.75. The quantitative estimate of drug-likeness (QED) is 0.439. The first-order chi connectivity index (χ1) is 17.6. The predicted octanol–water partition coefficient (Wildman–Crippen LogP) is 2.78. The van der Waals surface area contributed by atoms with Gasteiger partial charge in [-0.2, -0.15) is 0 Å². The summed E-state index contributed by atoms with van der Waals surface area (Å²) < 4.78 is 0. The summed E-state index contributed by atoms with van der Waals surface area (Å²) in [4.78, 5) is 57.4. The molecule has 3 atom stereocenters. The highest BCUT2D eigenvalue weighted by atomic mass is 32.1. The Morgan fingerprint density at radius 2 is 1.81 bits per heavy atom. The number of amides is 4. The van der Waals surface area contributed by atoms with Crippen molar-refractivity contribution in [3.8, 4) is 10.4 Å². The van der Waals surface area contributed by atoms with E-state index in [0.29, 0.717) is 25.9 Å². The van der Waals surface area contributed by atoms with E-state index < -0.39 is 24.0 Å². The van der Waals surface area contributed by atoms with E-state index in [9.17, 15) is 19.2 Å². The van der Waals surface area contributed by atoms with Crippen molar-refractivity contribution in [1.82, 2.24) is 25.8 Å². The van der Waals surface area contributed by atoms with E-state index >= 15 is 0 Å². The van der Waals surface area contributed by atoms with Crippen LogP contribution in [0.15, 0.2) is 29.8 Å². The van der Waals surface area contributed by atoms with Crippen LogP contribution in [0.5, 0.6) is 0 Å². The van der Waals surface area contributed by atoms with Crippen LogP contribution >= 0.6 is 11.3 Å². The molecule has 10 heteroatoms. The summed E-state index contributed by atoms with van der Waals surface area (Å²) >= 11 is 1.60. The summed E-state index contributed by atoms with van der Waals surface area (Å²) in [7, 11) is 0. The zero-order chi connectivity index (χ0) is 27.1. The van der Waals surface area contributed by atoms with Gasteiger partial charge in [0.2, 0.25) is 23.6 Å². The molecule has 3 rings (SSSR count). The number of hydrogen-bond donors (Lipinski definition) is 3. The minimum atomic E-state index is -0.813. The average Bonchev–Trinajstić information content (AvgIpc) is 3.50. The van der Waals surface area contributed by atoms with Crippen LogP contribution in [0.3, 0.4) is 0 Å². The number of rotatable bonds is 10. The molecule has 37 heavy (non-hydrogen) atoms. The van der Waals surface area contributed by atoms with Crippen molar-refractivity contribution in [2.45, 2.75) is 78.6 Å². The zero-order valence-electron chi connectivity index (χ0n) is 22.2. The van der Waals surface area contributed by atoms with Gasteiger partial charge in [0.15, 0.2) is 0 Å². The highest BCUT2D eigenvalue weighted by molar-refractivity contribution is 7.13. The molecule has 1 aliphatic heterocycles. The Kier molecular flexibility index (Phi) is 9.79. The molecule has 200 valence electrons. The van der Waals surface area contributed by atoms with Crippen LogP contribution in [0.25, 0.3) is 10.4 Å². The summed E-state index contributed by atoms with van der Waals surface area (Å²) in [5.41, 5.74) is 4.87. The molecule has 9 nitrogen and oxygen atoms in total. The molecule has 2 heterocycles. The summed E-state index contributed by atoms with van der Waals surface area (Å²) in [5, 5.41) is 8.34. The number of aromatic nitrogens is 1. The molecule has 4 amide bonds. The van der Waals surface area contributed by atoms with Crippen molar-refractivity contribution < 1.29 is 19.2 Å². The van der Waals surface area contributed by atoms with Crippen molar-refractivity contribution in [3.05, 3.63) is 41.0 Å². The van der Waals surface area contributed by atoms with Gasteiger partial charge in [0.1, 0.15) is 18.1 Å². The van der Waals surface area contributed by atoms with E-state index in [1.807, 2.05) is 50.5 Å². The number of nitrogens with zero attached hydrogens (tertiary/aromatic N) is 2. The van der Waals surface area contributed by atoms with Gasteiger partial charge in [-0.15, -0.1) is 11.3 Å². The van der Waals surface area contributed by atoms with E-state index in [4.69, 9.17) is 0 Å². The zero-order valence-corrected chi connectivity index (χ0v) is 23.0. The largest absolute Gasteiger partial charge is 0.350 e. The Bertz CT molecular complexity index is 1110. The number of hydrogen-bond acceptors (Lipinski definition) is 6. The number of aryl methyl sites for hydroxylation is 1. The maximum atomic E-state index is 13.2. The van der Waals surface area contributed by atoms with E-state index in [1.165, 1.54) is 6.92 Å². The van der Waals surface area contributed by atoms with Gasteiger partial charge in [-0.05, 0) is 50.2 Å². The van der Waals surface area contributed by atoms with Crippen LogP contribution in [0.4, 0.5) is 0 Å². The number of carbonyl (C=O) groups excluding carboxylic acids is 4. The Balaban J connectivity index is 1.56. The third kappa shape index (κ3) is 7.61. The molecular weight excluding hydrogens is 490 g/mol. The predicted molar refractivity (Wildman–Crippen MR) is 144 cm³/mol. The Morgan fingerprint density at radius 3 is 2.41 bits per heavy atom. The lowest BCUT2D eigenvalue weighted by molar-refractivity contribution is -0.141. The minimum absolute atomic E-state index is 0.188. The molecular formula is C27H37N5O4S. The summed E-state index contributed by atoms with van der Waals surface area (Å²) in [5.74, 6) is -1.02. The summed E-state index contributed by atoms with van der Waals surface area (Å²) in [6, 6.07) is 5.90. The van der Waals surface area contributed by atoms with Gasteiger partial charge >= 0.3 is 0 Å². The van der Waals surface area contributed by atoms with Crippen molar-refractivity contribution in [2.24, 2.45) is 5.92 Å². The normalized spacial score (nSPS) is 16.8. The Hall–Kier alpha value is -3.27. The SMILES string of the molecule is CC(=O)N[C@@H](CC(C)C)C(=O)N[C@@H](C)C(=O)N1CCC[C@H]1C(=O)NCc1ccc(-c2scnc2C)cc1. The highest BCUT2D eigenvalue weighted by Crippen LogP contribution is 2.27. The second kappa shape index (κ2) is 12.8. The van der Waals surface area contributed by atoms with Crippen LogP contribution in [0.1, 0.15) is 58.2 Å². The molecule has 0 unspecified atom stereocenters. The highest BCUT2D eigenvalue weighted by Gasteiger charge is 2.36. The van der Waals surface area contributed by atoms with Crippen molar-refractivity contribution >= 4 is 35.0 Å². The fraction of sp³-hybridized carbons (Fsp3) is 0.519. The number of benzene rings is 1. The first-order valence-electron chi connectivity index (χ1n) is 12.7. The molecule has 1 fully saturated rings. The van der Waals surface area contributed by atoms with Gasteiger partial charge in [-0.3, -0.25) is 19.2 Å². The lowest BCUT2D eigenvalue weighted by Gasteiger charge is -2.28. The molecule has 3 N–H and O–H groups in total. The van der Waals surface area contributed by atoms with E-state index in [-0.39, 0.29) is 23.6 Å². The molecule has 0 aliphatic carbocycles. The molecule has 0 saturated carbocycles. The Labute approximate surface area is 222 Å². The lowest BCUT2D eigenvalue weighted by Crippen LogP contribution is -2.55. The van der Waals surface area contributed by atoms with Crippen LogP contribution in [-0.4, -0.2) is 58.2 Å². The smallest absolute Gasteiger partial charge is 0.245 e. The summed E-state index contributed by atoms with van der Waals surface area (Å²) in [6.45, 7) is 9.69. The van der Waals surface area contributed by atoms with Crippen molar-refractivity contribution in [2.75, 3.05) is 6.54 Å². The first kappa shape index (κ1) is 28.3. The second-order valence-electron chi connectivity index (χ2n) is 9.98. The van der Waals surface area contributed by atoms with Crippen LogP contribution in [0, 0.1) is 12.8 Å². The van der Waals surface area contributed by atoms with Crippen LogP contribution in [-0.2, 0) is 25.7 Å². The van der Waals surface area contributed by atoms with Gasteiger partial charge in [-0.1, -0.05) is 38.1 Å². The van der Waals surface area contributed by atoms with Gasteiger partial charge < -0.3 is 20.9 Å². The van der Waals surface area contributed by atoms with E-state index in [0.717, 1.165) is 28.1 Å². The average molecular weight is 528 g/mol. The number of likely N-dealkylation sites (tertiary alicyclic amines) is 1. The lowest BCUT2D eigenvalue weighted by atomic mass is 10.0. The van der Waals surface area contributed by atoms with Crippen molar-refractivity contribution in [3.63, 3.8) is 0 Å². The molecule has 0 spiro atoms. The monoisotopic (exact) mass is 527 g/mol. The van der Waals surface area contributed by atoms with Crippen molar-refractivity contribution in [1.29, 1.82) is 0 Å². The third-order valence-corrected chi connectivity index (χ3v) is 7.37. The molecule has 1 aromatic heterocycles. The second-order valence-corrected chi connectivity index (χ2v) is 10.8. The number of carbonyl (C=O) groups is 4. The fourth-order valence-corrected chi connectivity index (χ4v) is 5.35. The minimum Gasteiger partial charge on any atom is -0.350 e. The first-order valence-corrected chi connectivity index (χ1v) is 13.6. The molecule has 1 aliphatic rings. The van der Waals surface area contributed by atoms with Gasteiger partial charge in [0, 0.05) is 20.0 Å². The molecule has 0 bridgehead atoms. The van der Waals surface area contributed by atoms with Crippen LogP contribution in [0.2, 0.25) is 0 Å². The maximum absolute atomic E-state index is 13.2. The third-order valence-electron chi connectivity index (χ3n) is 6.40. The molecule has 2 aromatic rings. The molecule has 1 saturated heterocycles. The number of nitrogens with one attached hydrogen (secondary N) is 3. The standard InChI is InChI=1S/C27H37N5O4S/c1-16(2)13-22(31-19(5)33)25(34)30-18(4)27(36)32-12-6-7-23(32)26(35)28-14-20-8-10-21(11-9-20)24-17(3)29-15-37-24/h8-11,15-16,18,22-23H,6-7,12-14H2,1-5H3,(H,28,35)(H,30,34)(H,31,33)/t18-,22-,23-/m0/s1. The fourth-order valence-electron chi connectivity index (χ4n) is 4.54.